The highest BCUT2D eigenvalue weighted by atomic mass is 32.1. The monoisotopic (exact) mass is 334 g/mol. The van der Waals surface area contributed by atoms with Crippen LogP contribution in [0.3, 0.4) is 0 Å². The van der Waals surface area contributed by atoms with E-state index in [4.69, 9.17) is 0 Å². The Balaban J connectivity index is 1.66. The van der Waals surface area contributed by atoms with E-state index in [2.05, 4.69) is 41.6 Å². The summed E-state index contributed by atoms with van der Waals surface area (Å²) < 4.78 is 0. The largest absolute Gasteiger partial charge is 0.350 e. The van der Waals surface area contributed by atoms with Gasteiger partial charge in [0.05, 0.1) is 4.88 Å². The van der Waals surface area contributed by atoms with E-state index >= 15 is 0 Å². The van der Waals surface area contributed by atoms with Crippen LogP contribution < -0.4 is 5.32 Å². The van der Waals surface area contributed by atoms with E-state index in [-0.39, 0.29) is 5.91 Å². The Labute approximate surface area is 140 Å². The molecule has 3 rings (SSSR count). The van der Waals surface area contributed by atoms with Crippen LogP contribution in [-0.2, 0) is 12.8 Å². The number of nitrogens with zero attached hydrogens (tertiary/aromatic N) is 1. The van der Waals surface area contributed by atoms with Gasteiger partial charge in [0, 0.05) is 28.4 Å². The lowest BCUT2D eigenvalue weighted by Gasteiger charge is -2.17. The zero-order valence-electron chi connectivity index (χ0n) is 13.1. The third kappa shape index (κ3) is 3.12. The molecule has 1 amide bonds. The van der Waals surface area contributed by atoms with E-state index in [0.29, 0.717) is 6.54 Å². The Morgan fingerprint density at radius 2 is 2.14 bits per heavy atom. The van der Waals surface area contributed by atoms with Crippen molar-refractivity contribution in [2.45, 2.75) is 26.7 Å². The summed E-state index contributed by atoms with van der Waals surface area (Å²) in [6.07, 6.45) is 2.17. The molecule has 2 heterocycles. The third-order valence-corrected chi connectivity index (χ3v) is 6.44. The topological polar surface area (TPSA) is 32.3 Å². The average molecular weight is 335 g/mol. The minimum Gasteiger partial charge on any atom is -0.350 e. The molecule has 1 aliphatic rings. The normalized spacial score (nSPS) is 13.0. The van der Waals surface area contributed by atoms with Crippen molar-refractivity contribution < 1.29 is 4.79 Å². The molecule has 5 heteroatoms. The molecule has 0 fully saturated rings. The molecule has 0 unspecified atom stereocenters. The number of amides is 1. The fourth-order valence-electron chi connectivity index (χ4n) is 2.89. The Morgan fingerprint density at radius 3 is 2.91 bits per heavy atom. The molecule has 0 radical (unpaired) electrons. The number of rotatable bonds is 6. The molecule has 22 heavy (non-hydrogen) atoms. The van der Waals surface area contributed by atoms with Crippen molar-refractivity contribution in [3.63, 3.8) is 0 Å². The first kappa shape index (κ1) is 15.7. The van der Waals surface area contributed by atoms with E-state index in [0.717, 1.165) is 37.4 Å². The molecule has 0 aliphatic heterocycles. The second-order valence-electron chi connectivity index (χ2n) is 5.51. The molecule has 0 saturated carbocycles. The highest BCUT2D eigenvalue weighted by molar-refractivity contribution is 7.18. The maximum Gasteiger partial charge on any atom is 0.261 e. The molecular formula is C17H22N2OS2. The SMILES string of the molecule is CCN(CC)CCNC(=O)c1cc2c(s1)-c1ccsc1CC2. The Kier molecular flexibility index (Phi) is 4.96. The lowest BCUT2D eigenvalue weighted by molar-refractivity contribution is 0.0953. The van der Waals surface area contributed by atoms with Gasteiger partial charge in [-0.2, -0.15) is 0 Å². The van der Waals surface area contributed by atoms with Crippen molar-refractivity contribution in [3.8, 4) is 10.4 Å². The highest BCUT2D eigenvalue weighted by Gasteiger charge is 2.22. The predicted octanol–water partition coefficient (Wildman–Crippen LogP) is 3.65. The Hall–Kier alpha value is -1.17. The zero-order chi connectivity index (χ0) is 15.5. The van der Waals surface area contributed by atoms with Crippen molar-refractivity contribution in [2.75, 3.05) is 26.2 Å². The van der Waals surface area contributed by atoms with Gasteiger partial charge in [0.15, 0.2) is 0 Å². The van der Waals surface area contributed by atoms with Gasteiger partial charge in [0.2, 0.25) is 0 Å². The van der Waals surface area contributed by atoms with Crippen molar-refractivity contribution in [1.82, 2.24) is 10.2 Å². The van der Waals surface area contributed by atoms with E-state index in [9.17, 15) is 4.79 Å². The Morgan fingerprint density at radius 1 is 1.32 bits per heavy atom. The van der Waals surface area contributed by atoms with Gasteiger partial charge in [-0.05, 0) is 49.0 Å². The lowest BCUT2D eigenvalue weighted by atomic mass is 9.98. The number of carbonyl (C=O) groups is 1. The molecule has 1 N–H and O–H groups in total. The van der Waals surface area contributed by atoms with Crippen LogP contribution in [0.4, 0.5) is 0 Å². The molecule has 3 nitrogen and oxygen atoms in total. The van der Waals surface area contributed by atoms with Gasteiger partial charge in [0.1, 0.15) is 0 Å². The number of nitrogens with one attached hydrogen (secondary N) is 1. The summed E-state index contributed by atoms with van der Waals surface area (Å²) in [7, 11) is 0. The first-order valence-corrected chi connectivity index (χ1v) is 9.62. The summed E-state index contributed by atoms with van der Waals surface area (Å²) in [5.74, 6) is 0.0725. The highest BCUT2D eigenvalue weighted by Crippen LogP contribution is 2.41. The Bertz CT molecular complexity index is 655. The molecule has 0 bridgehead atoms. The molecule has 0 spiro atoms. The minimum atomic E-state index is 0.0725. The summed E-state index contributed by atoms with van der Waals surface area (Å²) in [5.41, 5.74) is 2.68. The van der Waals surface area contributed by atoms with E-state index < -0.39 is 0 Å². The second kappa shape index (κ2) is 6.94. The van der Waals surface area contributed by atoms with E-state index in [1.165, 1.54) is 20.9 Å². The number of hydrogen-bond donors (Lipinski definition) is 1. The van der Waals surface area contributed by atoms with Gasteiger partial charge in [-0.25, -0.2) is 0 Å². The van der Waals surface area contributed by atoms with Crippen LogP contribution in [0, 0.1) is 0 Å². The molecule has 0 saturated heterocycles. The van der Waals surface area contributed by atoms with Crippen LogP contribution in [0.2, 0.25) is 0 Å². The van der Waals surface area contributed by atoms with Crippen molar-refractivity contribution in [1.29, 1.82) is 0 Å². The molecule has 2 aromatic rings. The molecule has 0 aromatic carbocycles. The fraction of sp³-hybridized carbons (Fsp3) is 0.471. The number of fused-ring (bicyclic) bond motifs is 3. The zero-order valence-corrected chi connectivity index (χ0v) is 14.8. The van der Waals surface area contributed by atoms with Gasteiger partial charge in [0.25, 0.3) is 5.91 Å². The number of hydrogen-bond acceptors (Lipinski definition) is 4. The second-order valence-corrected chi connectivity index (χ2v) is 7.56. The van der Waals surface area contributed by atoms with Gasteiger partial charge in [-0.3, -0.25) is 4.79 Å². The fourth-order valence-corrected chi connectivity index (χ4v) is 5.02. The van der Waals surface area contributed by atoms with Gasteiger partial charge in [-0.1, -0.05) is 13.8 Å². The quantitative estimate of drug-likeness (QED) is 0.874. The maximum atomic E-state index is 12.4. The first-order chi connectivity index (χ1) is 10.7. The van der Waals surface area contributed by atoms with Crippen LogP contribution in [0.15, 0.2) is 17.5 Å². The number of thiophene rings is 2. The third-order valence-electron chi connectivity index (χ3n) is 4.25. The van der Waals surface area contributed by atoms with Crippen LogP contribution >= 0.6 is 22.7 Å². The molecular weight excluding hydrogens is 312 g/mol. The molecule has 0 atom stereocenters. The standard InChI is InChI=1S/C17H22N2OS2/c1-3-19(4-2)9-8-18-17(20)15-11-12-5-6-14-13(7-10-21-14)16(12)22-15/h7,10-11H,3-6,8-9H2,1-2H3,(H,18,20). The van der Waals surface area contributed by atoms with E-state index in [1.54, 1.807) is 11.3 Å². The minimum absolute atomic E-state index is 0.0725. The number of carbonyl (C=O) groups excluding carboxylic acids is 1. The predicted molar refractivity (Wildman–Crippen MR) is 95.2 cm³/mol. The lowest BCUT2D eigenvalue weighted by Crippen LogP contribution is -2.34. The van der Waals surface area contributed by atoms with Crippen LogP contribution in [0.5, 0.6) is 0 Å². The molecule has 2 aromatic heterocycles. The van der Waals surface area contributed by atoms with Crippen molar-refractivity contribution in [2.24, 2.45) is 0 Å². The van der Waals surface area contributed by atoms with Gasteiger partial charge < -0.3 is 10.2 Å². The summed E-state index contributed by atoms with van der Waals surface area (Å²) in [5, 5.41) is 5.21. The van der Waals surface area contributed by atoms with Gasteiger partial charge >= 0.3 is 0 Å². The average Bonchev–Trinajstić information content (AvgIpc) is 3.16. The van der Waals surface area contributed by atoms with Crippen LogP contribution in [-0.4, -0.2) is 37.0 Å². The van der Waals surface area contributed by atoms with Crippen LogP contribution in [0.25, 0.3) is 10.4 Å². The summed E-state index contributed by atoms with van der Waals surface area (Å²) in [6.45, 7) is 7.99. The summed E-state index contributed by atoms with van der Waals surface area (Å²) in [6, 6.07) is 4.28. The smallest absolute Gasteiger partial charge is 0.261 e. The maximum absolute atomic E-state index is 12.4. The first-order valence-electron chi connectivity index (χ1n) is 7.93. The van der Waals surface area contributed by atoms with E-state index in [1.807, 2.05) is 11.3 Å². The van der Waals surface area contributed by atoms with Crippen molar-refractivity contribution in [3.05, 3.63) is 32.8 Å². The summed E-state index contributed by atoms with van der Waals surface area (Å²) in [4.78, 5) is 18.3. The van der Waals surface area contributed by atoms with Gasteiger partial charge in [-0.15, -0.1) is 22.7 Å². The van der Waals surface area contributed by atoms with Crippen molar-refractivity contribution >= 4 is 28.6 Å². The number of aryl methyl sites for hydroxylation is 2. The molecule has 118 valence electrons. The van der Waals surface area contributed by atoms with Crippen LogP contribution in [0.1, 0.15) is 34.0 Å². The molecule has 1 aliphatic carbocycles. The number of likely N-dealkylation sites (N-methyl/N-ethyl adjacent to an activating group) is 1. The summed E-state index contributed by atoms with van der Waals surface area (Å²) >= 11 is 3.47.